The van der Waals surface area contributed by atoms with Gasteiger partial charge >= 0.3 is 5.76 Å². The van der Waals surface area contributed by atoms with Gasteiger partial charge in [0.15, 0.2) is 11.4 Å². The fourth-order valence-corrected chi connectivity index (χ4v) is 4.36. The van der Waals surface area contributed by atoms with Crippen molar-refractivity contribution >= 4 is 22.6 Å². The van der Waals surface area contributed by atoms with E-state index in [1.165, 1.54) is 24.3 Å². The van der Waals surface area contributed by atoms with E-state index in [2.05, 4.69) is 9.80 Å². The van der Waals surface area contributed by atoms with E-state index in [9.17, 15) is 14.0 Å². The van der Waals surface area contributed by atoms with Crippen LogP contribution >= 0.6 is 0 Å². The van der Waals surface area contributed by atoms with Crippen LogP contribution in [0.15, 0.2) is 75.9 Å². The number of anilines is 1. The lowest BCUT2D eigenvalue weighted by atomic mass is 10.0. The lowest BCUT2D eigenvalue weighted by Crippen LogP contribution is -2.47. The number of aromatic nitrogens is 1. The molecule has 1 aromatic heterocycles. The van der Waals surface area contributed by atoms with Crippen molar-refractivity contribution in [3.05, 3.63) is 94.2 Å². The molecule has 7 nitrogen and oxygen atoms in total. The maximum absolute atomic E-state index is 14.0. The summed E-state index contributed by atoms with van der Waals surface area (Å²) in [6, 6.07) is 18.5. The average Bonchev–Trinajstić information content (AvgIpc) is 3.18. The number of oxazole rings is 1. The summed E-state index contributed by atoms with van der Waals surface area (Å²) in [6.45, 7) is 3.51. The van der Waals surface area contributed by atoms with Crippen LogP contribution in [0.5, 0.6) is 5.75 Å². The van der Waals surface area contributed by atoms with E-state index in [1.54, 1.807) is 29.9 Å². The van der Waals surface area contributed by atoms with E-state index in [1.807, 2.05) is 24.3 Å². The molecule has 174 valence electrons. The second-order valence-electron chi connectivity index (χ2n) is 8.21. The third kappa shape index (κ3) is 4.08. The minimum Gasteiger partial charge on any atom is -0.495 e. The first-order valence-electron chi connectivity index (χ1n) is 11.1. The van der Waals surface area contributed by atoms with Crippen molar-refractivity contribution in [1.82, 2.24) is 9.47 Å². The molecule has 0 unspecified atom stereocenters. The molecule has 1 fully saturated rings. The predicted octanol–water partition coefficient (Wildman–Crippen LogP) is 3.75. The van der Waals surface area contributed by atoms with Crippen molar-refractivity contribution in [3.63, 3.8) is 0 Å². The Balaban J connectivity index is 1.32. The van der Waals surface area contributed by atoms with Crippen molar-refractivity contribution in [2.24, 2.45) is 0 Å². The largest absolute Gasteiger partial charge is 0.495 e. The van der Waals surface area contributed by atoms with E-state index in [0.717, 1.165) is 37.6 Å². The molecule has 0 saturated carbocycles. The number of methoxy groups -OCH3 is 1. The van der Waals surface area contributed by atoms with Gasteiger partial charge in [-0.25, -0.2) is 9.18 Å². The third-order valence-electron chi connectivity index (χ3n) is 6.19. The molecule has 3 aromatic carbocycles. The molecule has 8 heteroatoms. The first kappa shape index (κ1) is 21.9. The zero-order valence-corrected chi connectivity index (χ0v) is 18.7. The van der Waals surface area contributed by atoms with E-state index in [0.29, 0.717) is 17.8 Å². The number of rotatable bonds is 6. The molecule has 0 aliphatic carbocycles. The molecular formula is C26H24FN3O4. The molecule has 4 aromatic rings. The van der Waals surface area contributed by atoms with Crippen LogP contribution in [0.2, 0.25) is 0 Å². The lowest BCUT2D eigenvalue weighted by molar-refractivity contribution is 0.103. The highest BCUT2D eigenvalue weighted by Gasteiger charge is 2.22. The molecule has 0 radical (unpaired) electrons. The fourth-order valence-electron chi connectivity index (χ4n) is 4.36. The van der Waals surface area contributed by atoms with Gasteiger partial charge in [0.05, 0.1) is 30.5 Å². The van der Waals surface area contributed by atoms with Gasteiger partial charge < -0.3 is 14.1 Å². The number of halogens is 1. The quantitative estimate of drug-likeness (QED) is 0.408. The SMILES string of the molecule is COc1ccccc1N1CCN(Cn2c(=O)oc3cc(C(=O)c4ccccc4F)ccc32)CC1. The van der Waals surface area contributed by atoms with Gasteiger partial charge in [-0.3, -0.25) is 14.3 Å². The number of fused-ring (bicyclic) bond motifs is 1. The van der Waals surface area contributed by atoms with E-state index < -0.39 is 17.4 Å². The van der Waals surface area contributed by atoms with Crippen molar-refractivity contribution in [1.29, 1.82) is 0 Å². The molecule has 0 amide bonds. The summed E-state index contributed by atoms with van der Waals surface area (Å²) in [7, 11) is 1.67. The standard InChI is InChI=1S/C26H24FN3O4/c1-33-23-9-5-4-8-21(23)29-14-12-28(13-15-29)17-30-22-11-10-18(16-24(22)34-26(30)32)25(31)19-6-2-3-7-20(19)27/h2-11,16H,12-15,17H2,1H3. The Morgan fingerprint density at radius 1 is 1.00 bits per heavy atom. The zero-order chi connectivity index (χ0) is 23.7. The maximum Gasteiger partial charge on any atom is 0.421 e. The Labute approximate surface area is 195 Å². The molecule has 0 N–H and O–H groups in total. The molecule has 0 atom stereocenters. The second kappa shape index (κ2) is 9.15. The highest BCUT2D eigenvalue weighted by molar-refractivity contribution is 6.10. The minimum absolute atomic E-state index is 0.0171. The van der Waals surface area contributed by atoms with Crippen molar-refractivity contribution in [2.45, 2.75) is 6.67 Å². The van der Waals surface area contributed by atoms with Gasteiger partial charge in [-0.1, -0.05) is 24.3 Å². The predicted molar refractivity (Wildman–Crippen MR) is 127 cm³/mol. The van der Waals surface area contributed by atoms with Crippen molar-refractivity contribution in [2.75, 3.05) is 38.2 Å². The Hall–Kier alpha value is -3.91. The fraction of sp³-hybridized carbons (Fsp3) is 0.231. The zero-order valence-electron chi connectivity index (χ0n) is 18.7. The highest BCUT2D eigenvalue weighted by Crippen LogP contribution is 2.28. The number of hydrogen-bond donors (Lipinski definition) is 0. The number of benzene rings is 3. The molecule has 0 spiro atoms. The highest BCUT2D eigenvalue weighted by atomic mass is 19.1. The summed E-state index contributed by atoms with van der Waals surface area (Å²) in [5, 5.41) is 0. The molecule has 0 bridgehead atoms. The van der Waals surface area contributed by atoms with Crippen LogP contribution in [0.1, 0.15) is 15.9 Å². The summed E-state index contributed by atoms with van der Waals surface area (Å²) in [4.78, 5) is 29.8. The van der Waals surface area contributed by atoms with Crippen molar-refractivity contribution in [3.8, 4) is 5.75 Å². The molecule has 5 rings (SSSR count). The van der Waals surface area contributed by atoms with Crippen LogP contribution in [0.25, 0.3) is 11.1 Å². The van der Waals surface area contributed by atoms with Crippen LogP contribution in [0.3, 0.4) is 0 Å². The number of para-hydroxylation sites is 2. The average molecular weight is 461 g/mol. The van der Waals surface area contributed by atoms with Gasteiger partial charge in [-0.2, -0.15) is 0 Å². The number of ketones is 1. The van der Waals surface area contributed by atoms with Crippen molar-refractivity contribution < 1.29 is 18.3 Å². The number of carbonyl (C=O) groups excluding carboxylic acids is 1. The summed E-state index contributed by atoms with van der Waals surface area (Å²) in [6.07, 6.45) is 0. The number of hydrogen-bond acceptors (Lipinski definition) is 6. The molecule has 1 saturated heterocycles. The van der Waals surface area contributed by atoms with E-state index in [-0.39, 0.29) is 11.1 Å². The van der Waals surface area contributed by atoms with Crippen LogP contribution in [-0.4, -0.2) is 48.5 Å². The van der Waals surface area contributed by atoms with Crippen LogP contribution < -0.4 is 15.4 Å². The number of carbonyl (C=O) groups is 1. The van der Waals surface area contributed by atoms with Crippen LogP contribution in [-0.2, 0) is 6.67 Å². The molecule has 2 heterocycles. The Bertz CT molecular complexity index is 1400. The summed E-state index contributed by atoms with van der Waals surface area (Å²) < 4.78 is 26.5. The first-order chi connectivity index (χ1) is 16.5. The van der Waals surface area contributed by atoms with Gasteiger partial charge in [0.2, 0.25) is 0 Å². The lowest BCUT2D eigenvalue weighted by Gasteiger charge is -2.36. The molecular weight excluding hydrogens is 437 g/mol. The van der Waals surface area contributed by atoms with Crippen LogP contribution in [0.4, 0.5) is 10.1 Å². The van der Waals surface area contributed by atoms with Gasteiger partial charge in [-0.05, 0) is 42.5 Å². The second-order valence-corrected chi connectivity index (χ2v) is 8.21. The summed E-state index contributed by atoms with van der Waals surface area (Å²) >= 11 is 0. The van der Waals surface area contributed by atoms with Gasteiger partial charge in [-0.15, -0.1) is 0 Å². The van der Waals surface area contributed by atoms with Crippen LogP contribution in [0, 0.1) is 5.82 Å². The molecule has 1 aliphatic rings. The summed E-state index contributed by atoms with van der Waals surface area (Å²) in [5.74, 6) is -0.687. The first-order valence-corrected chi connectivity index (χ1v) is 11.1. The van der Waals surface area contributed by atoms with Gasteiger partial charge in [0, 0.05) is 31.7 Å². The number of ether oxygens (including phenoxy) is 1. The topological polar surface area (TPSA) is 67.9 Å². The molecule has 34 heavy (non-hydrogen) atoms. The Morgan fingerprint density at radius 2 is 1.74 bits per heavy atom. The van der Waals surface area contributed by atoms with Gasteiger partial charge in [0.1, 0.15) is 11.6 Å². The Morgan fingerprint density at radius 3 is 2.50 bits per heavy atom. The number of nitrogens with zero attached hydrogens (tertiary/aromatic N) is 3. The summed E-state index contributed by atoms with van der Waals surface area (Å²) in [5.41, 5.74) is 2.21. The smallest absolute Gasteiger partial charge is 0.421 e. The van der Waals surface area contributed by atoms with E-state index >= 15 is 0 Å². The maximum atomic E-state index is 14.0. The minimum atomic E-state index is -0.584. The normalized spacial score (nSPS) is 14.5. The monoisotopic (exact) mass is 461 g/mol. The third-order valence-corrected chi connectivity index (χ3v) is 6.19. The molecule has 1 aliphatic heterocycles. The van der Waals surface area contributed by atoms with Gasteiger partial charge in [0.25, 0.3) is 0 Å². The Kier molecular flexibility index (Phi) is 5.90. The number of piperazine rings is 1. The van der Waals surface area contributed by atoms with E-state index in [4.69, 9.17) is 9.15 Å².